The summed E-state index contributed by atoms with van der Waals surface area (Å²) < 4.78 is 6.44. The van der Waals surface area contributed by atoms with Crippen LogP contribution in [0.5, 0.6) is 5.75 Å². The molecule has 0 bridgehead atoms. The molecular formula is C26H27BrCl2N2OS. The van der Waals surface area contributed by atoms with Crippen LogP contribution in [-0.2, 0) is 5.54 Å². The summed E-state index contributed by atoms with van der Waals surface area (Å²) in [7, 11) is 1.64. The van der Waals surface area contributed by atoms with Gasteiger partial charge in [0.05, 0.1) is 17.8 Å². The molecule has 33 heavy (non-hydrogen) atoms. The summed E-state index contributed by atoms with van der Waals surface area (Å²) in [6, 6.07) is 12.2. The Labute approximate surface area is 219 Å². The van der Waals surface area contributed by atoms with Crippen LogP contribution in [0.3, 0.4) is 0 Å². The summed E-state index contributed by atoms with van der Waals surface area (Å²) in [5.74, 6) is 4.34. The molecule has 1 saturated carbocycles. The molecule has 1 aromatic heterocycles. The van der Waals surface area contributed by atoms with Crippen molar-refractivity contribution in [1.82, 2.24) is 4.98 Å². The summed E-state index contributed by atoms with van der Waals surface area (Å²) in [4.78, 5) is 6.03. The Bertz CT molecular complexity index is 1180. The maximum Gasteiger partial charge on any atom is 0.136 e. The number of benzene rings is 2. The van der Waals surface area contributed by atoms with Crippen molar-refractivity contribution < 1.29 is 4.74 Å². The summed E-state index contributed by atoms with van der Waals surface area (Å²) in [5.41, 5.74) is 9.87. The van der Waals surface area contributed by atoms with E-state index in [2.05, 4.69) is 34.0 Å². The number of rotatable bonds is 7. The van der Waals surface area contributed by atoms with Gasteiger partial charge in [0.25, 0.3) is 0 Å². The fourth-order valence-electron chi connectivity index (χ4n) is 4.17. The predicted molar refractivity (Wildman–Crippen MR) is 145 cm³/mol. The molecule has 1 heterocycles. The molecule has 0 amide bonds. The van der Waals surface area contributed by atoms with Gasteiger partial charge >= 0.3 is 0 Å². The molecule has 1 fully saturated rings. The molecule has 2 aromatic carbocycles. The molecule has 174 valence electrons. The fraction of sp³-hybridized carbons (Fsp3) is 0.346. The normalized spacial score (nSPS) is 15.8. The largest absolute Gasteiger partial charge is 0.496 e. The van der Waals surface area contributed by atoms with Gasteiger partial charge in [-0.1, -0.05) is 58.4 Å². The average molecular weight is 566 g/mol. The summed E-state index contributed by atoms with van der Waals surface area (Å²) >= 11 is 11.7. The molecule has 1 aliphatic rings. The molecule has 0 aliphatic heterocycles. The number of methoxy groups -OCH3 is 1. The summed E-state index contributed by atoms with van der Waals surface area (Å²) in [6.07, 6.45) is 9.56. The third-order valence-corrected chi connectivity index (χ3v) is 8.18. The lowest BCUT2D eigenvalue weighted by Crippen LogP contribution is -2.41. The van der Waals surface area contributed by atoms with Crippen LogP contribution in [0.15, 0.2) is 40.9 Å². The molecule has 7 heteroatoms. The van der Waals surface area contributed by atoms with Gasteiger partial charge in [-0.05, 0) is 61.6 Å². The van der Waals surface area contributed by atoms with Gasteiger partial charge in [0.1, 0.15) is 16.3 Å². The molecule has 4 rings (SSSR count). The minimum absolute atomic E-state index is 0. The molecule has 0 spiro atoms. The van der Waals surface area contributed by atoms with E-state index in [9.17, 15) is 0 Å². The molecule has 2 atom stereocenters. The van der Waals surface area contributed by atoms with Gasteiger partial charge in [-0.2, -0.15) is 0 Å². The topological polar surface area (TPSA) is 48.1 Å². The smallest absolute Gasteiger partial charge is 0.136 e. The van der Waals surface area contributed by atoms with Crippen LogP contribution in [0.4, 0.5) is 0 Å². The lowest BCUT2D eigenvalue weighted by Gasteiger charge is -2.32. The number of aromatic nitrogens is 1. The lowest BCUT2D eigenvalue weighted by atomic mass is 9.77. The van der Waals surface area contributed by atoms with Gasteiger partial charge in [0.2, 0.25) is 0 Å². The van der Waals surface area contributed by atoms with Crippen molar-refractivity contribution in [3.8, 4) is 29.4 Å². The van der Waals surface area contributed by atoms with Gasteiger partial charge in [0, 0.05) is 20.8 Å². The minimum atomic E-state index is -1.00. The van der Waals surface area contributed by atoms with Crippen LogP contribution >= 0.6 is 51.3 Å². The van der Waals surface area contributed by atoms with Gasteiger partial charge in [0.15, 0.2) is 0 Å². The monoisotopic (exact) mass is 564 g/mol. The van der Waals surface area contributed by atoms with Crippen molar-refractivity contribution in [2.45, 2.75) is 44.6 Å². The van der Waals surface area contributed by atoms with Crippen LogP contribution < -0.4 is 10.5 Å². The highest BCUT2D eigenvalue weighted by Crippen LogP contribution is 2.47. The number of nitrogens with zero attached hydrogens (tertiary/aromatic N) is 1. The Hall–Kier alpha value is -1.55. The Morgan fingerprint density at radius 2 is 1.97 bits per heavy atom. The number of thiazole rings is 1. The number of nitrogens with two attached hydrogens (primary N) is 1. The number of hydrogen-bond acceptors (Lipinski definition) is 4. The van der Waals surface area contributed by atoms with Gasteiger partial charge < -0.3 is 10.5 Å². The molecule has 1 unspecified atom stereocenters. The second kappa shape index (κ2) is 10.4. The highest BCUT2D eigenvalue weighted by atomic mass is 79.9. The van der Waals surface area contributed by atoms with E-state index in [-0.39, 0.29) is 18.3 Å². The third kappa shape index (κ3) is 5.26. The first-order valence-corrected chi connectivity index (χ1v) is 12.6. The molecular weight excluding hydrogens is 539 g/mol. The van der Waals surface area contributed by atoms with Crippen molar-refractivity contribution in [2.24, 2.45) is 11.7 Å². The van der Waals surface area contributed by atoms with E-state index in [1.165, 1.54) is 12.8 Å². The first-order chi connectivity index (χ1) is 15.3. The average Bonchev–Trinajstić information content (AvgIpc) is 3.53. The highest BCUT2D eigenvalue weighted by molar-refractivity contribution is 9.10. The number of aryl methyl sites for hydroxylation is 2. The number of halogens is 3. The second-order valence-corrected chi connectivity index (χ2v) is 11.0. The van der Waals surface area contributed by atoms with Crippen molar-refractivity contribution in [2.75, 3.05) is 7.11 Å². The quantitative estimate of drug-likeness (QED) is 0.299. The lowest BCUT2D eigenvalue weighted by molar-refractivity contribution is 0.409. The second-order valence-electron chi connectivity index (χ2n) is 8.52. The van der Waals surface area contributed by atoms with Gasteiger partial charge in [-0.3, -0.25) is 0 Å². The predicted octanol–water partition coefficient (Wildman–Crippen LogP) is 7.64. The molecule has 1 aliphatic carbocycles. The van der Waals surface area contributed by atoms with Crippen molar-refractivity contribution >= 4 is 51.3 Å². The Kier molecular flexibility index (Phi) is 8.19. The third-order valence-electron chi connectivity index (χ3n) is 6.22. The van der Waals surface area contributed by atoms with Crippen LogP contribution in [-0.4, -0.2) is 12.1 Å². The van der Waals surface area contributed by atoms with Crippen LogP contribution in [0.2, 0.25) is 5.02 Å². The molecule has 3 nitrogen and oxygen atoms in total. The number of hydrogen-bond donors (Lipinski definition) is 1. The maximum absolute atomic E-state index is 7.03. The van der Waals surface area contributed by atoms with E-state index in [0.717, 1.165) is 48.9 Å². The number of ether oxygens (including phenoxy) is 1. The zero-order chi connectivity index (χ0) is 23.0. The van der Waals surface area contributed by atoms with E-state index >= 15 is 0 Å². The minimum Gasteiger partial charge on any atom is -0.496 e. The Morgan fingerprint density at radius 1 is 1.30 bits per heavy atom. The fourth-order valence-corrected chi connectivity index (χ4v) is 5.72. The van der Waals surface area contributed by atoms with Crippen molar-refractivity contribution in [3.63, 3.8) is 0 Å². The Morgan fingerprint density at radius 3 is 2.55 bits per heavy atom. The van der Waals surface area contributed by atoms with E-state index in [1.54, 1.807) is 18.4 Å². The van der Waals surface area contributed by atoms with Gasteiger partial charge in [-0.25, -0.2) is 4.98 Å². The first-order valence-electron chi connectivity index (χ1n) is 10.6. The maximum atomic E-state index is 7.03. The van der Waals surface area contributed by atoms with Crippen LogP contribution in [0.1, 0.15) is 46.2 Å². The summed E-state index contributed by atoms with van der Waals surface area (Å²) in [5, 5.41) is 1.35. The van der Waals surface area contributed by atoms with Crippen molar-refractivity contribution in [3.05, 3.63) is 66.9 Å². The zero-order valence-corrected chi connectivity index (χ0v) is 22.8. The van der Waals surface area contributed by atoms with Crippen LogP contribution in [0, 0.1) is 32.1 Å². The molecule has 0 radical (unpaired) electrons. The van der Waals surface area contributed by atoms with E-state index < -0.39 is 5.54 Å². The molecule has 2 N–H and O–H groups in total. The zero-order valence-electron chi connectivity index (χ0n) is 18.8. The Balaban J connectivity index is 0.00000306. The number of terminal acetylenes is 1. The first kappa shape index (κ1) is 26.1. The molecule has 3 aromatic rings. The molecule has 0 saturated heterocycles. The van der Waals surface area contributed by atoms with E-state index in [4.69, 9.17) is 33.5 Å². The van der Waals surface area contributed by atoms with Gasteiger partial charge in [-0.15, -0.1) is 30.2 Å². The SMILES string of the molecule is C#CC(N)(c1nc(-c2cc(C)c(OC)cc2Cl)c(C)s1)[C@@H](CC1CC1)c1ccc(Br)cc1.Cl. The summed E-state index contributed by atoms with van der Waals surface area (Å²) in [6.45, 7) is 4.04. The van der Waals surface area contributed by atoms with E-state index in [0.29, 0.717) is 10.9 Å². The van der Waals surface area contributed by atoms with Crippen molar-refractivity contribution in [1.29, 1.82) is 0 Å². The van der Waals surface area contributed by atoms with E-state index in [1.807, 2.05) is 38.1 Å². The van der Waals surface area contributed by atoms with Crippen LogP contribution in [0.25, 0.3) is 11.3 Å². The highest BCUT2D eigenvalue weighted by Gasteiger charge is 2.42. The standard InChI is InChI=1S/C26H26BrClN2OS.ClH/c1-5-26(29,21(13-17-6-7-17)18-8-10-19(27)11-9-18)25-30-24(16(3)32-25)20-12-15(2)23(31-4)14-22(20)28;/h1,8-12,14,17,21H,6-7,13,29H2,2-4H3;1H/t21-,26?;/m0./s1.